The van der Waals surface area contributed by atoms with Crippen LogP contribution >= 0.6 is 11.6 Å². The zero-order valence-electron chi connectivity index (χ0n) is 9.18. The third kappa shape index (κ3) is 2.40. The normalized spacial score (nSPS) is 17.5. The molecule has 4 heteroatoms. The van der Waals surface area contributed by atoms with E-state index in [0.29, 0.717) is 10.7 Å². The summed E-state index contributed by atoms with van der Waals surface area (Å²) in [5, 5.41) is 3.68. The molecule has 1 N–H and O–H groups in total. The molecule has 1 heterocycles. The fourth-order valence-corrected chi connectivity index (χ4v) is 1.84. The maximum Gasteiger partial charge on any atom is 0.224 e. The summed E-state index contributed by atoms with van der Waals surface area (Å²) in [6.07, 6.45) is 5.64. The van der Waals surface area contributed by atoms with Gasteiger partial charge in [0.2, 0.25) is 5.28 Å². The van der Waals surface area contributed by atoms with Crippen LogP contribution in [0.2, 0.25) is 5.28 Å². The molecule has 2 rings (SSSR count). The van der Waals surface area contributed by atoms with E-state index in [9.17, 15) is 0 Å². The van der Waals surface area contributed by atoms with Gasteiger partial charge in [-0.25, -0.2) is 9.97 Å². The molecule has 0 atom stereocenters. The first-order valence-electron chi connectivity index (χ1n) is 5.38. The monoisotopic (exact) mass is 225 g/mol. The number of rotatable bonds is 4. The van der Waals surface area contributed by atoms with Gasteiger partial charge in [-0.1, -0.05) is 6.92 Å². The van der Waals surface area contributed by atoms with Crippen molar-refractivity contribution < 1.29 is 0 Å². The molecule has 0 aliphatic heterocycles. The van der Waals surface area contributed by atoms with Crippen LogP contribution in [-0.4, -0.2) is 16.5 Å². The van der Waals surface area contributed by atoms with Gasteiger partial charge in [-0.3, -0.25) is 0 Å². The molecule has 0 aromatic carbocycles. The molecule has 0 radical (unpaired) electrons. The van der Waals surface area contributed by atoms with Crippen molar-refractivity contribution in [2.45, 2.75) is 33.1 Å². The lowest BCUT2D eigenvalue weighted by molar-refractivity contribution is 0.520. The van der Waals surface area contributed by atoms with Crippen LogP contribution in [0.1, 0.15) is 31.7 Å². The summed E-state index contributed by atoms with van der Waals surface area (Å²) >= 11 is 5.75. The summed E-state index contributed by atoms with van der Waals surface area (Å²) in [6, 6.07) is 0. The minimum atomic E-state index is 0.310. The number of nitrogens with one attached hydrogen (secondary N) is 1. The van der Waals surface area contributed by atoms with Gasteiger partial charge in [-0.05, 0) is 43.2 Å². The molecule has 1 aromatic heterocycles. The molecule has 1 aliphatic carbocycles. The van der Waals surface area contributed by atoms with Crippen LogP contribution in [0.4, 0.5) is 5.82 Å². The van der Waals surface area contributed by atoms with Gasteiger partial charge in [0.05, 0.1) is 0 Å². The van der Waals surface area contributed by atoms with Crippen molar-refractivity contribution >= 4 is 17.4 Å². The zero-order valence-corrected chi connectivity index (χ0v) is 9.93. The SMILES string of the molecule is CCC1(CNc2nc(Cl)ncc2C)CC1. The maximum absolute atomic E-state index is 5.75. The molecule has 0 saturated heterocycles. The number of aryl methyl sites for hydroxylation is 1. The van der Waals surface area contributed by atoms with Crippen LogP contribution in [0.3, 0.4) is 0 Å². The Hall–Kier alpha value is -0.830. The van der Waals surface area contributed by atoms with Gasteiger partial charge in [0, 0.05) is 18.3 Å². The van der Waals surface area contributed by atoms with Crippen molar-refractivity contribution in [3.8, 4) is 0 Å². The Labute approximate surface area is 95.3 Å². The number of hydrogen-bond acceptors (Lipinski definition) is 3. The molecule has 1 saturated carbocycles. The third-order valence-corrected chi connectivity index (χ3v) is 3.46. The van der Waals surface area contributed by atoms with E-state index in [1.165, 1.54) is 19.3 Å². The van der Waals surface area contributed by atoms with Gasteiger partial charge in [-0.2, -0.15) is 0 Å². The van der Waals surface area contributed by atoms with Crippen LogP contribution in [-0.2, 0) is 0 Å². The van der Waals surface area contributed by atoms with Crippen molar-refractivity contribution in [3.63, 3.8) is 0 Å². The van der Waals surface area contributed by atoms with E-state index in [0.717, 1.165) is 17.9 Å². The Kier molecular flexibility index (Phi) is 2.83. The summed E-state index contributed by atoms with van der Waals surface area (Å²) in [5.41, 5.74) is 1.57. The highest BCUT2D eigenvalue weighted by Gasteiger charge is 2.40. The summed E-state index contributed by atoms with van der Waals surface area (Å²) < 4.78 is 0. The predicted molar refractivity (Wildman–Crippen MR) is 62.2 cm³/mol. The Morgan fingerprint density at radius 3 is 2.87 bits per heavy atom. The average molecular weight is 226 g/mol. The van der Waals surface area contributed by atoms with Crippen molar-refractivity contribution in [2.75, 3.05) is 11.9 Å². The van der Waals surface area contributed by atoms with E-state index in [4.69, 9.17) is 11.6 Å². The molecule has 15 heavy (non-hydrogen) atoms. The fourth-order valence-electron chi connectivity index (χ4n) is 1.70. The summed E-state index contributed by atoms with van der Waals surface area (Å²) in [5.74, 6) is 0.870. The average Bonchev–Trinajstić information content (AvgIpc) is 3.00. The Morgan fingerprint density at radius 1 is 1.53 bits per heavy atom. The highest BCUT2D eigenvalue weighted by atomic mass is 35.5. The molecule has 1 aliphatic rings. The van der Waals surface area contributed by atoms with Crippen LogP contribution in [0.15, 0.2) is 6.20 Å². The molecular formula is C11H16ClN3. The molecule has 0 bridgehead atoms. The number of hydrogen-bond donors (Lipinski definition) is 1. The van der Waals surface area contributed by atoms with Gasteiger partial charge < -0.3 is 5.32 Å². The first-order chi connectivity index (χ1) is 7.15. The molecule has 1 aromatic rings. The molecule has 1 fully saturated rings. The van der Waals surface area contributed by atoms with E-state index in [1.807, 2.05) is 6.92 Å². The second-order valence-electron chi connectivity index (χ2n) is 4.38. The van der Waals surface area contributed by atoms with Gasteiger partial charge in [0.15, 0.2) is 0 Å². The molecule has 0 amide bonds. The van der Waals surface area contributed by atoms with Crippen molar-refractivity contribution in [3.05, 3.63) is 17.0 Å². The minimum Gasteiger partial charge on any atom is -0.369 e. The highest BCUT2D eigenvalue weighted by Crippen LogP contribution is 2.48. The number of nitrogens with zero attached hydrogens (tertiary/aromatic N) is 2. The summed E-state index contributed by atoms with van der Waals surface area (Å²) in [6.45, 7) is 5.23. The highest BCUT2D eigenvalue weighted by molar-refractivity contribution is 6.28. The van der Waals surface area contributed by atoms with E-state index in [-0.39, 0.29) is 0 Å². The quantitative estimate of drug-likeness (QED) is 0.801. The van der Waals surface area contributed by atoms with E-state index >= 15 is 0 Å². The second kappa shape index (κ2) is 3.97. The minimum absolute atomic E-state index is 0.310. The van der Waals surface area contributed by atoms with Gasteiger partial charge in [0.25, 0.3) is 0 Å². The standard InChI is InChI=1S/C11H16ClN3/c1-3-11(4-5-11)7-14-9-8(2)6-13-10(12)15-9/h6H,3-5,7H2,1-2H3,(H,13,14,15). The predicted octanol–water partition coefficient (Wildman–Crippen LogP) is 3.04. The first-order valence-corrected chi connectivity index (χ1v) is 5.76. The van der Waals surface area contributed by atoms with E-state index in [2.05, 4.69) is 22.2 Å². The Bertz CT molecular complexity index is 361. The van der Waals surface area contributed by atoms with E-state index in [1.54, 1.807) is 6.20 Å². The number of aromatic nitrogens is 2. The van der Waals surface area contributed by atoms with Gasteiger partial charge in [-0.15, -0.1) is 0 Å². The first kappa shape index (κ1) is 10.7. The van der Waals surface area contributed by atoms with Crippen LogP contribution in [0.5, 0.6) is 0 Å². The summed E-state index contributed by atoms with van der Waals surface area (Å²) in [4.78, 5) is 8.11. The smallest absolute Gasteiger partial charge is 0.224 e. The van der Waals surface area contributed by atoms with Crippen LogP contribution in [0, 0.1) is 12.3 Å². The lowest BCUT2D eigenvalue weighted by atomic mass is 10.0. The topological polar surface area (TPSA) is 37.8 Å². The van der Waals surface area contributed by atoms with Crippen LogP contribution in [0.25, 0.3) is 0 Å². The Balaban J connectivity index is 2.01. The molecule has 82 valence electrons. The van der Waals surface area contributed by atoms with Crippen molar-refractivity contribution in [1.82, 2.24) is 9.97 Å². The summed E-state index contributed by atoms with van der Waals surface area (Å²) in [7, 11) is 0. The fraction of sp³-hybridized carbons (Fsp3) is 0.636. The molecule has 3 nitrogen and oxygen atoms in total. The molecule has 0 spiro atoms. The number of halogens is 1. The lowest BCUT2D eigenvalue weighted by Gasteiger charge is -2.14. The third-order valence-electron chi connectivity index (χ3n) is 3.28. The zero-order chi connectivity index (χ0) is 10.9. The lowest BCUT2D eigenvalue weighted by Crippen LogP contribution is -2.16. The van der Waals surface area contributed by atoms with Crippen molar-refractivity contribution in [1.29, 1.82) is 0 Å². The molecule has 0 unspecified atom stereocenters. The van der Waals surface area contributed by atoms with Crippen molar-refractivity contribution in [2.24, 2.45) is 5.41 Å². The van der Waals surface area contributed by atoms with Gasteiger partial charge >= 0.3 is 0 Å². The second-order valence-corrected chi connectivity index (χ2v) is 4.72. The van der Waals surface area contributed by atoms with Crippen LogP contribution < -0.4 is 5.32 Å². The maximum atomic E-state index is 5.75. The molecular weight excluding hydrogens is 210 g/mol. The van der Waals surface area contributed by atoms with E-state index < -0.39 is 0 Å². The Morgan fingerprint density at radius 2 is 2.27 bits per heavy atom. The van der Waals surface area contributed by atoms with Gasteiger partial charge in [0.1, 0.15) is 5.82 Å². The largest absolute Gasteiger partial charge is 0.369 e. The number of anilines is 1.